The summed E-state index contributed by atoms with van der Waals surface area (Å²) in [5.74, 6) is 0.414. The topological polar surface area (TPSA) is 46.2 Å². The molecule has 24 heavy (non-hydrogen) atoms. The van der Waals surface area contributed by atoms with E-state index in [1.165, 1.54) is 44.9 Å². The average molecular weight is 354 g/mol. The highest BCUT2D eigenvalue weighted by atomic mass is 32.2. The van der Waals surface area contributed by atoms with E-state index in [9.17, 15) is 8.42 Å². The van der Waals surface area contributed by atoms with Crippen molar-refractivity contribution in [2.75, 3.05) is 6.54 Å². The van der Waals surface area contributed by atoms with Crippen molar-refractivity contribution < 1.29 is 8.42 Å². The second-order valence-corrected chi connectivity index (χ2v) is 8.72. The molecule has 4 heteroatoms. The van der Waals surface area contributed by atoms with Gasteiger partial charge in [0.05, 0.1) is 4.90 Å². The van der Waals surface area contributed by atoms with Gasteiger partial charge in [-0.2, -0.15) is 0 Å². The van der Waals surface area contributed by atoms with E-state index >= 15 is 0 Å². The molecule has 0 fully saturated rings. The van der Waals surface area contributed by atoms with Crippen LogP contribution in [0.15, 0.2) is 29.2 Å². The van der Waals surface area contributed by atoms with E-state index in [0.29, 0.717) is 17.4 Å². The number of hydrogen-bond acceptors (Lipinski definition) is 2. The third-order valence-corrected chi connectivity index (χ3v) is 5.91. The van der Waals surface area contributed by atoms with E-state index in [1.807, 2.05) is 12.1 Å². The van der Waals surface area contributed by atoms with E-state index < -0.39 is 10.0 Å². The van der Waals surface area contributed by atoms with Crippen molar-refractivity contribution in [2.24, 2.45) is 0 Å². The molecule has 0 aromatic heterocycles. The molecule has 1 N–H and O–H groups in total. The maximum absolute atomic E-state index is 12.2. The summed E-state index contributed by atoms with van der Waals surface area (Å²) in [6.07, 6.45) is 11.1. The molecule has 0 radical (unpaired) electrons. The van der Waals surface area contributed by atoms with Crippen LogP contribution in [0.1, 0.15) is 90.0 Å². The molecule has 0 saturated heterocycles. The largest absolute Gasteiger partial charge is 0.240 e. The monoisotopic (exact) mass is 353 g/mol. The van der Waals surface area contributed by atoms with Crippen LogP contribution in [-0.4, -0.2) is 15.0 Å². The van der Waals surface area contributed by atoms with Gasteiger partial charge in [0.25, 0.3) is 0 Å². The number of sulfonamides is 1. The van der Waals surface area contributed by atoms with Crippen molar-refractivity contribution in [3.8, 4) is 0 Å². The van der Waals surface area contributed by atoms with Crippen molar-refractivity contribution >= 4 is 10.0 Å². The van der Waals surface area contributed by atoms with Gasteiger partial charge in [0.1, 0.15) is 0 Å². The first-order chi connectivity index (χ1) is 11.5. The maximum Gasteiger partial charge on any atom is 0.240 e. The van der Waals surface area contributed by atoms with Gasteiger partial charge in [-0.25, -0.2) is 13.1 Å². The van der Waals surface area contributed by atoms with Crippen LogP contribution >= 0.6 is 0 Å². The van der Waals surface area contributed by atoms with E-state index in [2.05, 4.69) is 25.5 Å². The van der Waals surface area contributed by atoms with E-state index in [-0.39, 0.29) is 0 Å². The second-order valence-electron chi connectivity index (χ2n) is 6.95. The molecular formula is C20H35NO2S. The van der Waals surface area contributed by atoms with E-state index in [4.69, 9.17) is 0 Å². The van der Waals surface area contributed by atoms with E-state index in [1.54, 1.807) is 12.1 Å². The molecule has 0 aliphatic carbocycles. The Kier molecular flexibility index (Phi) is 10.3. The molecule has 138 valence electrons. The first kappa shape index (κ1) is 21.2. The number of unbranched alkanes of at least 4 members (excludes halogenated alkanes) is 8. The maximum atomic E-state index is 12.2. The molecule has 0 unspecified atom stereocenters. The Morgan fingerprint density at radius 3 is 1.83 bits per heavy atom. The fraction of sp³-hybridized carbons (Fsp3) is 0.700. The molecule has 3 nitrogen and oxygen atoms in total. The number of nitrogens with one attached hydrogen (secondary N) is 1. The normalized spacial score (nSPS) is 12.0. The minimum absolute atomic E-state index is 0.364. The highest BCUT2D eigenvalue weighted by molar-refractivity contribution is 7.89. The van der Waals surface area contributed by atoms with Gasteiger partial charge in [-0.3, -0.25) is 0 Å². The Morgan fingerprint density at radius 2 is 1.33 bits per heavy atom. The van der Waals surface area contributed by atoms with Crippen LogP contribution in [0.2, 0.25) is 0 Å². The quantitative estimate of drug-likeness (QED) is 0.468. The van der Waals surface area contributed by atoms with Gasteiger partial charge >= 0.3 is 0 Å². The standard InChI is InChI=1S/C20H35NO2S/c1-4-5-6-7-8-9-10-11-12-17-21-24(22,23)20-15-13-19(14-16-20)18(2)3/h13-16,18,21H,4-12,17H2,1-3H3. The smallest absolute Gasteiger partial charge is 0.211 e. The van der Waals surface area contributed by atoms with Crippen molar-refractivity contribution in [1.29, 1.82) is 0 Å². The van der Waals surface area contributed by atoms with E-state index in [0.717, 1.165) is 18.4 Å². The lowest BCUT2D eigenvalue weighted by molar-refractivity contribution is 0.554. The molecule has 0 heterocycles. The predicted octanol–water partition coefficient (Wildman–Crippen LogP) is 5.62. The fourth-order valence-corrected chi connectivity index (χ4v) is 3.83. The minimum Gasteiger partial charge on any atom is -0.211 e. The minimum atomic E-state index is -3.36. The molecule has 0 bridgehead atoms. The molecule has 0 amide bonds. The molecular weight excluding hydrogens is 318 g/mol. The van der Waals surface area contributed by atoms with Gasteiger partial charge in [-0.05, 0) is 30.0 Å². The van der Waals surface area contributed by atoms with Gasteiger partial charge < -0.3 is 0 Å². The molecule has 1 rings (SSSR count). The summed E-state index contributed by atoms with van der Waals surface area (Å²) in [4.78, 5) is 0.364. The first-order valence-electron chi connectivity index (χ1n) is 9.57. The lowest BCUT2D eigenvalue weighted by Crippen LogP contribution is -2.24. The predicted molar refractivity (Wildman–Crippen MR) is 103 cm³/mol. The van der Waals surface area contributed by atoms with Crippen LogP contribution in [0, 0.1) is 0 Å². The Labute approximate surface area is 149 Å². The summed E-state index contributed by atoms with van der Waals surface area (Å²) in [6.45, 7) is 6.97. The second kappa shape index (κ2) is 11.6. The number of rotatable bonds is 13. The highest BCUT2D eigenvalue weighted by Gasteiger charge is 2.13. The molecule has 0 saturated carbocycles. The summed E-state index contributed by atoms with van der Waals surface area (Å²) in [5.41, 5.74) is 1.16. The summed E-state index contributed by atoms with van der Waals surface area (Å²) >= 11 is 0. The third-order valence-electron chi connectivity index (χ3n) is 4.43. The van der Waals surface area contributed by atoms with Crippen LogP contribution in [0.4, 0.5) is 0 Å². The molecule has 0 atom stereocenters. The summed E-state index contributed by atoms with van der Waals surface area (Å²) in [7, 11) is -3.36. The van der Waals surface area contributed by atoms with Crippen LogP contribution < -0.4 is 4.72 Å². The summed E-state index contributed by atoms with van der Waals surface area (Å²) < 4.78 is 27.2. The molecule has 0 spiro atoms. The van der Waals surface area contributed by atoms with Crippen molar-refractivity contribution in [3.05, 3.63) is 29.8 Å². The SMILES string of the molecule is CCCCCCCCCCCNS(=O)(=O)c1ccc(C(C)C)cc1. The molecule has 1 aromatic carbocycles. The molecule has 0 aliphatic heterocycles. The summed E-state index contributed by atoms with van der Waals surface area (Å²) in [6, 6.07) is 7.21. The van der Waals surface area contributed by atoms with Crippen molar-refractivity contribution in [2.45, 2.75) is 89.4 Å². The van der Waals surface area contributed by atoms with Crippen LogP contribution in [-0.2, 0) is 10.0 Å². The van der Waals surface area contributed by atoms with Gasteiger partial charge in [-0.15, -0.1) is 0 Å². The zero-order chi connectivity index (χ0) is 17.8. The van der Waals surface area contributed by atoms with Gasteiger partial charge in [0, 0.05) is 6.54 Å². The average Bonchev–Trinajstić information content (AvgIpc) is 2.56. The third kappa shape index (κ3) is 8.29. The Bertz CT molecular complexity index is 535. The molecule has 1 aromatic rings. The van der Waals surface area contributed by atoms with Crippen LogP contribution in [0.25, 0.3) is 0 Å². The number of hydrogen-bond donors (Lipinski definition) is 1. The van der Waals surface area contributed by atoms with Crippen molar-refractivity contribution in [1.82, 2.24) is 4.72 Å². The lowest BCUT2D eigenvalue weighted by Gasteiger charge is -2.09. The Balaban J connectivity index is 2.19. The van der Waals surface area contributed by atoms with Crippen molar-refractivity contribution in [3.63, 3.8) is 0 Å². The highest BCUT2D eigenvalue weighted by Crippen LogP contribution is 2.17. The summed E-state index contributed by atoms with van der Waals surface area (Å²) in [5, 5.41) is 0. The van der Waals surface area contributed by atoms with Crippen LogP contribution in [0.5, 0.6) is 0 Å². The molecule has 0 aliphatic rings. The zero-order valence-corrected chi connectivity index (χ0v) is 16.5. The van der Waals surface area contributed by atoms with Gasteiger partial charge in [0.2, 0.25) is 10.0 Å². The van der Waals surface area contributed by atoms with Crippen LogP contribution in [0.3, 0.4) is 0 Å². The van der Waals surface area contributed by atoms with Gasteiger partial charge in [0.15, 0.2) is 0 Å². The zero-order valence-electron chi connectivity index (χ0n) is 15.7. The Hall–Kier alpha value is -0.870. The Morgan fingerprint density at radius 1 is 0.833 bits per heavy atom. The number of benzene rings is 1. The lowest BCUT2D eigenvalue weighted by atomic mass is 10.0. The van der Waals surface area contributed by atoms with Gasteiger partial charge in [-0.1, -0.05) is 84.3 Å². The fourth-order valence-electron chi connectivity index (χ4n) is 2.76. The first-order valence-corrected chi connectivity index (χ1v) is 11.1.